The second kappa shape index (κ2) is 13.5. The molecule has 0 spiro atoms. The van der Waals surface area contributed by atoms with Crippen molar-refractivity contribution in [3.63, 3.8) is 0 Å². The van der Waals surface area contributed by atoms with Crippen molar-refractivity contribution in [1.29, 1.82) is 0 Å². The summed E-state index contributed by atoms with van der Waals surface area (Å²) in [7, 11) is 0. The molecule has 4 atom stereocenters. The average Bonchev–Trinajstić information content (AvgIpc) is 3.09. The van der Waals surface area contributed by atoms with E-state index in [-0.39, 0.29) is 35.4 Å². The summed E-state index contributed by atoms with van der Waals surface area (Å²) in [6, 6.07) is 7.29. The van der Waals surface area contributed by atoms with Crippen molar-refractivity contribution in [2.45, 2.75) is 64.7 Å². The van der Waals surface area contributed by atoms with Gasteiger partial charge < -0.3 is 24.3 Å². The second-order valence-electron chi connectivity index (χ2n) is 7.90. The fraction of sp³-hybridized carbons (Fsp3) is 0.478. The van der Waals surface area contributed by atoms with Gasteiger partial charge in [-0.1, -0.05) is 23.7 Å². The maximum Gasteiger partial charge on any atom is 0.302 e. The number of nitrogens with one attached hydrogen (secondary N) is 1. The van der Waals surface area contributed by atoms with E-state index in [1.54, 1.807) is 16.1 Å². The van der Waals surface area contributed by atoms with Gasteiger partial charge in [0, 0.05) is 62.7 Å². The van der Waals surface area contributed by atoms with E-state index in [2.05, 4.69) is 5.32 Å². The largest absolute Gasteiger partial charge is 0.493 e. The number of carbonyl (C=O) groups excluding carboxylic acids is 4. The van der Waals surface area contributed by atoms with Gasteiger partial charge in [-0.25, -0.2) is 6.42 Å². The van der Waals surface area contributed by atoms with Crippen LogP contribution in [-0.2, 0) is 61.4 Å². The SMILES string of the molecule is CC(=O)OCC1O[C@@H](NC(=O)CCCn2sc3ccccc3c2=O)C(OC(C)=O)[CH-][C@@H]1OC(C)=O.[Co]. The molecule has 2 unspecified atom stereocenters. The molecule has 1 aromatic carbocycles. The summed E-state index contributed by atoms with van der Waals surface area (Å²) >= 11 is 1.33. The van der Waals surface area contributed by atoms with Crippen molar-refractivity contribution < 1.29 is 54.9 Å². The van der Waals surface area contributed by atoms with Gasteiger partial charge in [0.1, 0.15) is 18.9 Å². The normalized spacial score (nSPS) is 21.2. The van der Waals surface area contributed by atoms with E-state index in [1.807, 2.05) is 12.1 Å². The molecule has 2 aromatic rings. The fourth-order valence-electron chi connectivity index (χ4n) is 3.58. The van der Waals surface area contributed by atoms with E-state index in [1.165, 1.54) is 38.7 Å². The van der Waals surface area contributed by atoms with E-state index >= 15 is 0 Å². The number of amides is 1. The molecule has 1 aliphatic heterocycles. The van der Waals surface area contributed by atoms with E-state index < -0.39 is 48.4 Å². The van der Waals surface area contributed by atoms with E-state index in [9.17, 15) is 24.0 Å². The zero-order valence-corrected chi connectivity index (χ0v) is 21.7. The molecule has 3 rings (SSSR count). The molecule has 13 heteroatoms. The van der Waals surface area contributed by atoms with Crippen LogP contribution in [0.2, 0.25) is 0 Å². The molecule has 199 valence electrons. The Kier molecular flexibility index (Phi) is 11.1. The first-order valence-electron chi connectivity index (χ1n) is 11.0. The van der Waals surface area contributed by atoms with Gasteiger partial charge in [0.25, 0.3) is 17.5 Å². The second-order valence-corrected chi connectivity index (χ2v) is 8.97. The standard InChI is InChI=1S/C23H27N2O9S.Co/c1-13(26)31-12-19-17(32-14(2)27)11-18(33-15(3)28)22(34-19)24-21(29)9-6-10-25-23(30)16-7-4-5-8-20(16)35-25;/h4-5,7-8,11,17-19,22H,6,9-10,12H2,1-3H3,(H,24,29);/q-1;/t17-,18?,19?,22+;/m0./s1. The molecule has 1 fully saturated rings. The zero-order chi connectivity index (χ0) is 25.5. The van der Waals surface area contributed by atoms with Crippen LogP contribution in [0.4, 0.5) is 0 Å². The molecule has 1 saturated heterocycles. The van der Waals surface area contributed by atoms with Crippen LogP contribution >= 0.6 is 11.5 Å². The van der Waals surface area contributed by atoms with Crippen molar-refractivity contribution in [2.24, 2.45) is 0 Å². The molecule has 2 heterocycles. The Balaban J connectivity index is 0.00000456. The number of benzene rings is 1. The molecule has 1 N–H and O–H groups in total. The van der Waals surface area contributed by atoms with Crippen molar-refractivity contribution in [3.8, 4) is 0 Å². The zero-order valence-electron chi connectivity index (χ0n) is 19.9. The third kappa shape index (κ3) is 8.15. The molecule has 0 saturated carbocycles. The Morgan fingerprint density at radius 1 is 1.06 bits per heavy atom. The van der Waals surface area contributed by atoms with Crippen LogP contribution < -0.4 is 10.9 Å². The molecule has 11 nitrogen and oxygen atoms in total. The third-order valence-electron chi connectivity index (χ3n) is 5.04. The van der Waals surface area contributed by atoms with Crippen molar-refractivity contribution in [3.05, 3.63) is 41.0 Å². The van der Waals surface area contributed by atoms with Crippen LogP contribution in [0.5, 0.6) is 0 Å². The number of nitrogens with zero attached hydrogens (tertiary/aromatic N) is 1. The number of esters is 3. The number of fused-ring (bicyclic) bond motifs is 1. The van der Waals surface area contributed by atoms with Crippen LogP contribution in [0.15, 0.2) is 29.1 Å². The van der Waals surface area contributed by atoms with E-state index in [4.69, 9.17) is 18.9 Å². The van der Waals surface area contributed by atoms with Gasteiger partial charge in [-0.15, -0.1) is 0 Å². The maximum absolute atomic E-state index is 12.6. The summed E-state index contributed by atoms with van der Waals surface area (Å²) in [5.74, 6) is -2.19. The van der Waals surface area contributed by atoms with E-state index in [0.717, 1.165) is 4.70 Å². The summed E-state index contributed by atoms with van der Waals surface area (Å²) in [4.78, 5) is 59.4. The van der Waals surface area contributed by atoms with Crippen molar-refractivity contribution >= 4 is 45.4 Å². The Labute approximate surface area is 221 Å². The van der Waals surface area contributed by atoms with Gasteiger partial charge in [-0.2, -0.15) is 0 Å². The number of aromatic nitrogens is 1. The number of ether oxygens (including phenoxy) is 4. The van der Waals surface area contributed by atoms with Crippen LogP contribution in [0, 0.1) is 6.42 Å². The number of aryl methyl sites for hydroxylation is 1. The minimum atomic E-state index is -1.09. The average molecular weight is 566 g/mol. The molecular weight excluding hydrogens is 539 g/mol. The monoisotopic (exact) mass is 566 g/mol. The van der Waals surface area contributed by atoms with Crippen LogP contribution in [0.25, 0.3) is 10.1 Å². The molecule has 0 bridgehead atoms. The minimum absolute atomic E-state index is 0. The molecule has 1 amide bonds. The predicted octanol–water partition coefficient (Wildman–Crippen LogP) is 1.31. The summed E-state index contributed by atoms with van der Waals surface area (Å²) in [6.45, 7) is 3.74. The van der Waals surface area contributed by atoms with Gasteiger partial charge in [0.2, 0.25) is 5.91 Å². The Bertz CT molecular complexity index is 1150. The Hall–Kier alpha value is -2.74. The summed E-state index contributed by atoms with van der Waals surface area (Å²) < 4.78 is 23.7. The number of hydrogen-bond acceptors (Lipinski definition) is 10. The number of carbonyl (C=O) groups is 4. The first kappa shape index (κ1) is 29.5. The molecular formula is C23H27CoN2O9S-. The van der Waals surface area contributed by atoms with E-state index in [0.29, 0.717) is 18.4 Å². The van der Waals surface area contributed by atoms with Gasteiger partial charge in [-0.05, 0) is 18.6 Å². The smallest absolute Gasteiger partial charge is 0.302 e. The topological polar surface area (TPSA) is 139 Å². The molecule has 1 radical (unpaired) electrons. The maximum atomic E-state index is 12.6. The molecule has 1 aromatic heterocycles. The molecule has 36 heavy (non-hydrogen) atoms. The van der Waals surface area contributed by atoms with Crippen molar-refractivity contribution in [2.75, 3.05) is 6.61 Å². The first-order chi connectivity index (χ1) is 16.6. The van der Waals surface area contributed by atoms with Crippen molar-refractivity contribution in [1.82, 2.24) is 9.27 Å². The van der Waals surface area contributed by atoms with Gasteiger partial charge >= 0.3 is 5.97 Å². The summed E-state index contributed by atoms with van der Waals surface area (Å²) in [5, 5.41) is 3.30. The van der Waals surface area contributed by atoms with Crippen LogP contribution in [0.3, 0.4) is 0 Å². The summed E-state index contributed by atoms with van der Waals surface area (Å²) in [6.07, 6.45) is -2.14. The Morgan fingerprint density at radius 2 is 1.72 bits per heavy atom. The minimum Gasteiger partial charge on any atom is -0.493 e. The van der Waals surface area contributed by atoms with Gasteiger partial charge in [0.05, 0.1) is 10.1 Å². The van der Waals surface area contributed by atoms with Crippen LogP contribution in [-0.4, -0.2) is 58.9 Å². The quantitative estimate of drug-likeness (QED) is 0.270. The Morgan fingerprint density at radius 3 is 2.36 bits per heavy atom. The summed E-state index contributed by atoms with van der Waals surface area (Å²) in [5.41, 5.74) is -0.101. The molecule has 0 aliphatic carbocycles. The number of hydrogen-bond donors (Lipinski definition) is 1. The molecule has 1 aliphatic rings. The van der Waals surface area contributed by atoms with Crippen LogP contribution in [0.1, 0.15) is 33.6 Å². The third-order valence-corrected chi connectivity index (χ3v) is 6.16. The fourth-order valence-corrected chi connectivity index (χ4v) is 4.62. The first-order valence-corrected chi connectivity index (χ1v) is 11.8. The van der Waals surface area contributed by atoms with Gasteiger partial charge in [-0.3, -0.25) is 27.9 Å². The number of rotatable bonds is 9. The van der Waals surface area contributed by atoms with Gasteiger partial charge in [0.15, 0.2) is 0 Å². The predicted molar refractivity (Wildman–Crippen MR) is 124 cm³/mol.